The lowest BCUT2D eigenvalue weighted by Gasteiger charge is -2.07. The van der Waals surface area contributed by atoms with E-state index in [1.807, 2.05) is 0 Å². The minimum atomic E-state index is -4.75. The highest BCUT2D eigenvalue weighted by atomic mass is 79.9. The number of ether oxygens (including phenoxy) is 1. The Bertz CT molecular complexity index is 416. The van der Waals surface area contributed by atoms with Crippen molar-refractivity contribution in [3.8, 4) is 5.75 Å². The van der Waals surface area contributed by atoms with E-state index in [2.05, 4.69) is 15.9 Å². The van der Waals surface area contributed by atoms with Gasteiger partial charge in [-0.15, -0.1) is 0 Å². The summed E-state index contributed by atoms with van der Waals surface area (Å²) in [5, 5.41) is 0. The first kappa shape index (κ1) is 14.0. The van der Waals surface area contributed by atoms with Crippen LogP contribution in [0.15, 0.2) is 22.7 Å². The van der Waals surface area contributed by atoms with E-state index in [1.165, 1.54) is 7.11 Å². The van der Waals surface area contributed by atoms with Crippen molar-refractivity contribution in [2.24, 2.45) is 0 Å². The van der Waals surface area contributed by atoms with Gasteiger partial charge in [0, 0.05) is 6.42 Å². The van der Waals surface area contributed by atoms with Crippen molar-refractivity contribution in [2.45, 2.75) is 19.0 Å². The maximum absolute atomic E-state index is 12.0. The van der Waals surface area contributed by atoms with Crippen molar-refractivity contribution in [1.82, 2.24) is 0 Å². The second kappa shape index (κ2) is 5.53. The molecule has 0 radical (unpaired) electrons. The van der Waals surface area contributed by atoms with Crippen LogP contribution in [0.4, 0.5) is 13.2 Å². The van der Waals surface area contributed by atoms with Crippen LogP contribution >= 0.6 is 15.9 Å². The molecule has 0 aliphatic heterocycles. The molecule has 0 spiro atoms. The maximum atomic E-state index is 12.0. The molecule has 0 fully saturated rings. The smallest absolute Gasteiger partial charge is 0.449 e. The number of ketones is 1. The number of rotatable bonds is 4. The summed E-state index contributed by atoms with van der Waals surface area (Å²) in [7, 11) is 1.49. The number of carbonyl (C=O) groups excluding carboxylic acids is 1. The molecule has 1 aromatic rings. The average Bonchev–Trinajstić information content (AvgIpc) is 2.24. The van der Waals surface area contributed by atoms with Crippen LogP contribution in [0, 0.1) is 0 Å². The lowest BCUT2D eigenvalue weighted by Crippen LogP contribution is -2.22. The van der Waals surface area contributed by atoms with Gasteiger partial charge in [0.15, 0.2) is 0 Å². The Kier molecular flexibility index (Phi) is 4.56. The molecule has 0 N–H and O–H groups in total. The van der Waals surface area contributed by atoms with Gasteiger partial charge in [-0.2, -0.15) is 13.2 Å². The highest BCUT2D eigenvalue weighted by molar-refractivity contribution is 9.10. The molecule has 0 atom stereocenters. The summed E-state index contributed by atoms with van der Waals surface area (Å²) in [6.45, 7) is 0. The fourth-order valence-corrected chi connectivity index (χ4v) is 1.85. The molecule has 0 aromatic heterocycles. The highest BCUT2D eigenvalue weighted by Gasteiger charge is 2.37. The van der Waals surface area contributed by atoms with Crippen LogP contribution in [0.25, 0.3) is 0 Å². The normalized spacial score (nSPS) is 11.4. The number of benzene rings is 1. The van der Waals surface area contributed by atoms with E-state index in [-0.39, 0.29) is 6.42 Å². The summed E-state index contributed by atoms with van der Waals surface area (Å²) in [4.78, 5) is 10.7. The molecule has 2 nitrogen and oxygen atoms in total. The Morgan fingerprint density at radius 1 is 1.41 bits per heavy atom. The molecule has 0 saturated carbocycles. The Morgan fingerprint density at radius 2 is 2.06 bits per heavy atom. The number of hydrogen-bond acceptors (Lipinski definition) is 2. The van der Waals surface area contributed by atoms with Crippen molar-refractivity contribution in [3.05, 3.63) is 28.2 Å². The predicted molar refractivity (Wildman–Crippen MR) is 60.1 cm³/mol. The third-order valence-corrected chi connectivity index (χ3v) is 2.79. The zero-order valence-electron chi connectivity index (χ0n) is 8.97. The fraction of sp³-hybridized carbons (Fsp3) is 0.364. The molecular weight excluding hydrogens is 301 g/mol. The van der Waals surface area contributed by atoms with Gasteiger partial charge in [-0.25, -0.2) is 0 Å². The summed E-state index contributed by atoms with van der Waals surface area (Å²) in [5.41, 5.74) is 0.648. The van der Waals surface area contributed by atoms with E-state index in [9.17, 15) is 18.0 Å². The summed E-state index contributed by atoms with van der Waals surface area (Å²) in [6, 6.07) is 4.91. The van der Waals surface area contributed by atoms with Gasteiger partial charge in [0.25, 0.3) is 0 Å². The lowest BCUT2D eigenvalue weighted by atomic mass is 10.1. The summed E-state index contributed by atoms with van der Waals surface area (Å²) in [6.07, 6.45) is -5.23. The molecule has 17 heavy (non-hydrogen) atoms. The average molecular weight is 311 g/mol. The SMILES string of the molecule is COc1ccc(CCC(=O)C(F)(F)F)cc1Br. The topological polar surface area (TPSA) is 26.3 Å². The van der Waals surface area contributed by atoms with E-state index in [1.54, 1.807) is 18.2 Å². The first-order valence-electron chi connectivity index (χ1n) is 4.77. The molecule has 0 aliphatic carbocycles. The van der Waals surface area contributed by atoms with E-state index in [0.29, 0.717) is 15.8 Å². The molecule has 0 unspecified atom stereocenters. The molecule has 0 aliphatic rings. The second-order valence-corrected chi connectivity index (χ2v) is 4.24. The number of hydrogen-bond donors (Lipinski definition) is 0. The predicted octanol–water partition coefficient (Wildman–Crippen LogP) is 3.52. The minimum absolute atomic E-state index is 0.0565. The Morgan fingerprint density at radius 3 is 2.53 bits per heavy atom. The number of carbonyl (C=O) groups is 1. The molecule has 1 rings (SSSR count). The fourth-order valence-electron chi connectivity index (χ4n) is 1.26. The number of aryl methyl sites for hydroxylation is 1. The van der Waals surface area contributed by atoms with Crippen molar-refractivity contribution in [1.29, 1.82) is 0 Å². The van der Waals surface area contributed by atoms with Crippen LogP contribution in [-0.4, -0.2) is 19.1 Å². The monoisotopic (exact) mass is 310 g/mol. The number of Topliss-reactive ketones (excluding diaryl/α,β-unsaturated/α-hetero) is 1. The van der Waals surface area contributed by atoms with E-state index in [0.717, 1.165) is 0 Å². The first-order valence-corrected chi connectivity index (χ1v) is 5.56. The van der Waals surface area contributed by atoms with Crippen LogP contribution in [-0.2, 0) is 11.2 Å². The van der Waals surface area contributed by atoms with Gasteiger partial charge in [0.2, 0.25) is 5.78 Å². The first-order chi connectivity index (χ1) is 7.84. The molecule has 94 valence electrons. The standard InChI is InChI=1S/C11H10BrF3O2/c1-17-9-4-2-7(6-8(9)12)3-5-10(16)11(13,14)15/h2,4,6H,3,5H2,1H3. The van der Waals surface area contributed by atoms with Crippen molar-refractivity contribution in [2.75, 3.05) is 7.11 Å². The minimum Gasteiger partial charge on any atom is -0.496 e. The van der Waals surface area contributed by atoms with E-state index >= 15 is 0 Å². The van der Waals surface area contributed by atoms with Gasteiger partial charge < -0.3 is 4.74 Å². The van der Waals surface area contributed by atoms with Crippen LogP contribution in [0.1, 0.15) is 12.0 Å². The van der Waals surface area contributed by atoms with Crippen molar-refractivity contribution < 1.29 is 22.7 Å². The third kappa shape index (κ3) is 4.03. The molecular formula is C11H10BrF3O2. The Hall–Kier alpha value is -1.04. The quantitative estimate of drug-likeness (QED) is 0.850. The Labute approximate surface area is 105 Å². The van der Waals surface area contributed by atoms with Crippen LogP contribution in [0.5, 0.6) is 5.75 Å². The third-order valence-electron chi connectivity index (χ3n) is 2.17. The molecule has 6 heteroatoms. The van der Waals surface area contributed by atoms with Gasteiger partial charge in [-0.1, -0.05) is 6.07 Å². The largest absolute Gasteiger partial charge is 0.496 e. The zero-order chi connectivity index (χ0) is 13.1. The van der Waals surface area contributed by atoms with Gasteiger partial charge in [0.05, 0.1) is 11.6 Å². The number of alkyl halides is 3. The van der Waals surface area contributed by atoms with E-state index < -0.39 is 18.4 Å². The highest BCUT2D eigenvalue weighted by Crippen LogP contribution is 2.26. The zero-order valence-corrected chi connectivity index (χ0v) is 10.6. The molecule has 0 heterocycles. The Balaban J connectivity index is 2.65. The van der Waals surface area contributed by atoms with Crippen molar-refractivity contribution in [3.63, 3.8) is 0 Å². The molecule has 0 bridgehead atoms. The second-order valence-electron chi connectivity index (χ2n) is 3.39. The van der Waals surface area contributed by atoms with Crippen molar-refractivity contribution >= 4 is 21.7 Å². The van der Waals surface area contributed by atoms with Gasteiger partial charge in [-0.05, 0) is 40.0 Å². The molecule has 1 aromatic carbocycles. The van der Waals surface area contributed by atoms with E-state index in [4.69, 9.17) is 4.74 Å². The lowest BCUT2D eigenvalue weighted by molar-refractivity contribution is -0.171. The summed E-state index contributed by atoms with van der Waals surface area (Å²) < 4.78 is 41.5. The van der Waals surface area contributed by atoms with Crippen LogP contribution in [0.3, 0.4) is 0 Å². The summed E-state index contributed by atoms with van der Waals surface area (Å²) >= 11 is 3.22. The molecule has 0 saturated heterocycles. The van der Waals surface area contributed by atoms with Gasteiger partial charge in [-0.3, -0.25) is 4.79 Å². The maximum Gasteiger partial charge on any atom is 0.449 e. The number of methoxy groups -OCH3 is 1. The van der Waals surface area contributed by atoms with Gasteiger partial charge >= 0.3 is 6.18 Å². The summed E-state index contributed by atoms with van der Waals surface area (Å²) in [5.74, 6) is -1.11. The molecule has 0 amide bonds. The van der Waals surface area contributed by atoms with Crippen LogP contribution in [0.2, 0.25) is 0 Å². The number of halogens is 4. The van der Waals surface area contributed by atoms with Crippen LogP contribution < -0.4 is 4.74 Å². The van der Waals surface area contributed by atoms with Gasteiger partial charge in [0.1, 0.15) is 5.75 Å².